The maximum atomic E-state index is 13.1. The summed E-state index contributed by atoms with van der Waals surface area (Å²) in [6.07, 6.45) is 44.9. The number of urea groups is 2. The molecule has 12 aromatic rings. The quantitative estimate of drug-likeness (QED) is 0.0486. The van der Waals surface area contributed by atoms with Crippen molar-refractivity contribution >= 4 is 133 Å². The van der Waals surface area contributed by atoms with Gasteiger partial charge in [0.15, 0.2) is 0 Å². The zero-order valence-corrected chi connectivity index (χ0v) is 86.0. The fourth-order valence-corrected chi connectivity index (χ4v) is 22.9. The Labute approximate surface area is 859 Å². The van der Waals surface area contributed by atoms with E-state index in [1.165, 1.54) is 109 Å². The van der Waals surface area contributed by atoms with Gasteiger partial charge in [0, 0.05) is 199 Å². The predicted molar refractivity (Wildman–Crippen MR) is 569 cm³/mol. The molecular formula is C111H139Cl4N19O9. The normalized spacial score (nSPS) is 17.8. The van der Waals surface area contributed by atoms with Crippen molar-refractivity contribution in [3.63, 3.8) is 0 Å². The minimum Gasteiger partial charge on any atom is -0.483 e. The van der Waals surface area contributed by atoms with Crippen LogP contribution in [0.15, 0.2) is 196 Å². The first kappa shape index (κ1) is 106. The van der Waals surface area contributed by atoms with Crippen LogP contribution in [0.3, 0.4) is 0 Å². The summed E-state index contributed by atoms with van der Waals surface area (Å²) < 4.78 is 8.82. The molecule has 20 rings (SSSR count). The number of fused-ring (bicyclic) bond motifs is 4. The first-order valence-electron chi connectivity index (χ1n) is 51.2. The minimum atomic E-state index is -0.281. The Morgan fingerprint density at radius 2 is 0.664 bits per heavy atom. The van der Waals surface area contributed by atoms with Gasteiger partial charge in [-0.1, -0.05) is 53.3 Å². The topological polar surface area (TPSA) is 298 Å². The van der Waals surface area contributed by atoms with Crippen molar-refractivity contribution in [2.45, 2.75) is 159 Å². The first-order chi connectivity index (χ1) is 69.5. The monoisotopic (exact) mass is 2020 g/mol. The number of carbonyl (C=O) groups is 7. The number of hydrogen-bond donors (Lipinski definition) is 4. The van der Waals surface area contributed by atoms with Crippen molar-refractivity contribution in [1.82, 2.24) is 87.6 Å². The van der Waals surface area contributed by atoms with Crippen molar-refractivity contribution < 1.29 is 43.8 Å². The summed E-state index contributed by atoms with van der Waals surface area (Å²) in [4.78, 5) is 117. The highest BCUT2D eigenvalue weighted by Crippen LogP contribution is 2.42. The molecule has 16 heterocycles. The molecule has 5 N–H and O–H groups in total. The van der Waals surface area contributed by atoms with Crippen LogP contribution in [0.1, 0.15) is 181 Å². The predicted octanol–water partition coefficient (Wildman–Crippen LogP) is 19.8. The Hall–Kier alpha value is -11.5. The molecule has 760 valence electrons. The first-order valence-corrected chi connectivity index (χ1v) is 52.7. The number of carboxylic acid groups (broad SMARTS) is 2. The van der Waals surface area contributed by atoms with Crippen molar-refractivity contribution in [3.05, 3.63) is 238 Å². The number of nitrogens with one attached hydrogen (secondary N) is 1. The number of benzene rings is 4. The number of likely N-dealkylation sites (tertiary alicyclic amines) is 8. The Bertz CT molecular complexity index is 6130. The standard InChI is InChI=1S/C28H35ClN4O.C27H33ClN6O2.C27H34ClN5O.C27H33ClN4O.2CH2O2/c1-2-31-15-10-21(11-16-31)3-8-28(34)32-17-12-22(13-18-32)26-20-33(24-6-4-23(29)5-7-24)27-19-30-14-9-25(26)27;28-21-1-3-22(4-2-21)34-17-24(23-5-10-30-16-25(23)34)20-8-13-33(14-9-20)27(36)31-15-19-6-11-32(12-7-19)18-26(29)35;1-30-13-8-20(9-14-30)18-31(2)27(34)32-15-10-21(11-16-32)25-19-33(23-5-3-22(28)4-6-23)26-17-29-12-7-24(25)26;1-30-14-9-20(10-15-30)2-7-27(33)31-16-11-21(12-17-31)25-19-32(23-5-3-22(28)4-6-23)26-18-29-13-8-24(25)26;2*2-1-3/h4-7,9,14,19-22H,2-3,8,10-13,15-18H2,1H3;1-5,10,16-17,19-20H,6-9,11-15,18H2,(H2,29,35)(H,31,36);3-7,12,17,19-21H,8-11,13-16,18H2,1-2H3;3-6,8,13,18-21H,2,7,9-12,14-17H2,1H3;2*1H,(H,2,3). The summed E-state index contributed by atoms with van der Waals surface area (Å²) >= 11 is 24.4. The third-order valence-corrected chi connectivity index (χ3v) is 31.8. The molecule has 143 heavy (non-hydrogen) atoms. The molecule has 8 aliphatic rings. The van der Waals surface area contributed by atoms with Crippen molar-refractivity contribution in [1.29, 1.82) is 0 Å². The van der Waals surface area contributed by atoms with Gasteiger partial charge in [0.2, 0.25) is 17.7 Å². The summed E-state index contributed by atoms with van der Waals surface area (Å²) in [7, 11) is 6.34. The van der Waals surface area contributed by atoms with Crippen molar-refractivity contribution in [2.75, 3.05) is 152 Å². The molecule has 0 saturated carbocycles. The minimum absolute atomic E-state index is 0.0285. The Morgan fingerprint density at radius 3 is 0.972 bits per heavy atom. The molecule has 0 spiro atoms. The fraction of sp³-hybridized carbons (Fsp3) is 0.468. The molecule has 32 heteroatoms. The van der Waals surface area contributed by atoms with Crippen LogP contribution in [0.25, 0.3) is 66.4 Å². The molecule has 0 bridgehead atoms. The second-order valence-electron chi connectivity index (χ2n) is 39.8. The molecule has 8 saturated heterocycles. The largest absolute Gasteiger partial charge is 0.483 e. The van der Waals surface area contributed by atoms with Crippen LogP contribution in [0.2, 0.25) is 20.1 Å². The van der Waals surface area contributed by atoms with Crippen LogP contribution in [0.4, 0.5) is 9.59 Å². The van der Waals surface area contributed by atoms with Gasteiger partial charge in [-0.3, -0.25) is 48.8 Å². The lowest BCUT2D eigenvalue weighted by atomic mass is 9.88. The summed E-state index contributed by atoms with van der Waals surface area (Å²) in [5.74, 6) is 4.66. The van der Waals surface area contributed by atoms with E-state index in [-0.39, 0.29) is 30.9 Å². The summed E-state index contributed by atoms with van der Waals surface area (Å²) in [6.45, 7) is 20.0. The maximum Gasteiger partial charge on any atom is 0.319 e. The van der Waals surface area contributed by atoms with Crippen LogP contribution >= 0.6 is 46.4 Å². The molecule has 0 atom stereocenters. The van der Waals surface area contributed by atoms with E-state index in [0.717, 1.165) is 240 Å². The smallest absolute Gasteiger partial charge is 0.319 e. The van der Waals surface area contributed by atoms with E-state index in [1.54, 1.807) is 0 Å². The van der Waals surface area contributed by atoms with Crippen molar-refractivity contribution in [3.8, 4) is 22.7 Å². The molecule has 0 radical (unpaired) electrons. The zero-order valence-electron chi connectivity index (χ0n) is 83.0. The fourth-order valence-electron chi connectivity index (χ4n) is 22.4. The number of halogens is 4. The molecular weight excluding hydrogens is 1890 g/mol. The van der Waals surface area contributed by atoms with Crippen LogP contribution in [0.5, 0.6) is 0 Å². The average Bonchev–Trinajstić information content (AvgIpc) is 1.64. The van der Waals surface area contributed by atoms with Gasteiger partial charge in [0.05, 0.1) is 53.4 Å². The van der Waals surface area contributed by atoms with Gasteiger partial charge in [-0.2, -0.15) is 0 Å². The zero-order chi connectivity index (χ0) is 100. The highest BCUT2D eigenvalue weighted by molar-refractivity contribution is 6.31. The van der Waals surface area contributed by atoms with E-state index in [9.17, 15) is 24.0 Å². The van der Waals surface area contributed by atoms with E-state index in [2.05, 4.69) is 143 Å². The summed E-state index contributed by atoms with van der Waals surface area (Å²) in [5, 5.41) is 24.8. The maximum absolute atomic E-state index is 13.1. The number of aromatic nitrogens is 8. The number of amides is 7. The Morgan fingerprint density at radius 1 is 0.385 bits per heavy atom. The van der Waals surface area contributed by atoms with E-state index < -0.39 is 0 Å². The van der Waals surface area contributed by atoms with Gasteiger partial charge in [0.25, 0.3) is 12.9 Å². The van der Waals surface area contributed by atoms with Gasteiger partial charge >= 0.3 is 12.1 Å². The molecule has 0 aliphatic carbocycles. The van der Waals surface area contributed by atoms with E-state index in [0.29, 0.717) is 78.3 Å². The number of piperidine rings is 8. The van der Waals surface area contributed by atoms with Gasteiger partial charge in [0.1, 0.15) is 0 Å². The molecule has 0 unspecified atom stereocenters. The van der Waals surface area contributed by atoms with E-state index in [4.69, 9.17) is 71.9 Å². The number of carbonyl (C=O) groups excluding carboxylic acids is 5. The third-order valence-electron chi connectivity index (χ3n) is 30.8. The number of primary amides is 1. The number of hydrogen-bond acceptors (Lipinski definition) is 15. The number of nitrogens with two attached hydrogens (primary N) is 1. The third kappa shape index (κ3) is 28.0. The lowest BCUT2D eigenvalue weighted by molar-refractivity contribution is -0.133. The highest BCUT2D eigenvalue weighted by Gasteiger charge is 2.35. The molecule has 7 amide bonds. The number of pyridine rings is 4. The van der Waals surface area contributed by atoms with Crippen LogP contribution in [-0.4, -0.2) is 287 Å². The van der Waals surface area contributed by atoms with Crippen LogP contribution < -0.4 is 11.1 Å². The number of rotatable bonds is 21. The molecule has 28 nitrogen and oxygen atoms in total. The molecule has 8 fully saturated rings. The SMILES string of the molecule is CCN1CCC(CCC(=O)N2CCC(c3cn(-c4ccc(Cl)cc4)c4cnccc34)CC2)CC1.CN1CCC(CCC(=O)N2CCC(c3cn(-c4ccc(Cl)cc4)c4cnccc34)CC2)CC1.CN1CCC(CN(C)C(=O)N2CCC(c3cn(-c4ccc(Cl)cc4)c4cnccc34)CC2)CC1.NC(=O)CN1CCC(CNC(=O)N2CCC(c3cn(-c4ccc(Cl)cc4)c4cnccc34)CC2)CC1.O=CO.O=CO. The van der Waals surface area contributed by atoms with Gasteiger partial charge in [-0.25, -0.2) is 9.59 Å². The lowest BCUT2D eigenvalue weighted by Gasteiger charge is -2.37. The summed E-state index contributed by atoms with van der Waals surface area (Å²) in [5.41, 5.74) is 19.4. The van der Waals surface area contributed by atoms with Gasteiger partial charge < -0.3 is 78.7 Å². The number of nitrogens with zero attached hydrogens (tertiary/aromatic N) is 17. The lowest BCUT2D eigenvalue weighted by Crippen LogP contribution is -2.47. The second kappa shape index (κ2) is 51.8. The van der Waals surface area contributed by atoms with Crippen molar-refractivity contribution in [2.24, 2.45) is 29.4 Å². The second-order valence-corrected chi connectivity index (χ2v) is 41.6. The van der Waals surface area contributed by atoms with Crippen LogP contribution in [0, 0.1) is 23.7 Å². The average molecular weight is 2030 g/mol. The molecule has 4 aromatic carbocycles. The van der Waals surface area contributed by atoms with Crippen LogP contribution in [-0.2, 0) is 24.0 Å². The molecule has 8 aliphatic heterocycles. The highest BCUT2D eigenvalue weighted by atomic mass is 35.5. The van der Waals surface area contributed by atoms with Gasteiger partial charge in [-0.15, -0.1) is 0 Å². The Kier molecular flexibility index (Phi) is 38.4. The van der Waals surface area contributed by atoms with E-state index >= 15 is 0 Å². The Balaban J connectivity index is 0.000000141. The van der Waals surface area contributed by atoms with E-state index in [1.807, 2.05) is 168 Å². The summed E-state index contributed by atoms with van der Waals surface area (Å²) in [6, 6.07) is 40.3. The molecule has 8 aromatic heterocycles. The van der Waals surface area contributed by atoms with Gasteiger partial charge in [-0.05, 0) is 379 Å².